The monoisotopic (exact) mass is 1100 g/mol. The molecule has 0 aliphatic heterocycles. The van der Waals surface area contributed by atoms with Crippen LogP contribution in [0.3, 0.4) is 0 Å². The molecule has 1 atom stereocenters. The summed E-state index contributed by atoms with van der Waals surface area (Å²) in [6, 6.07) is 0. The Morgan fingerprint density at radius 3 is 0.812 bits per heavy atom. The summed E-state index contributed by atoms with van der Waals surface area (Å²) in [6.07, 6.45) is 95.7. The van der Waals surface area contributed by atoms with Gasteiger partial charge in [-0.25, -0.2) is 0 Å². The van der Waals surface area contributed by atoms with Gasteiger partial charge in [0, 0.05) is 19.3 Å². The molecule has 80 heavy (non-hydrogen) atoms. The Kier molecular flexibility index (Phi) is 62.9. The van der Waals surface area contributed by atoms with Gasteiger partial charge < -0.3 is 14.2 Å². The van der Waals surface area contributed by atoms with E-state index in [4.69, 9.17) is 14.2 Å². The molecular formula is C74H120O6. The minimum atomic E-state index is -0.820. The van der Waals surface area contributed by atoms with Crippen LogP contribution in [0.1, 0.15) is 284 Å². The molecule has 6 nitrogen and oxygen atoms in total. The Balaban J connectivity index is 4.45. The molecule has 0 saturated carbocycles. The number of hydrogen-bond acceptors (Lipinski definition) is 6. The summed E-state index contributed by atoms with van der Waals surface area (Å²) >= 11 is 0. The standard InChI is InChI=1S/C74H120O6/c1-4-7-10-13-16-19-22-25-28-30-32-34-36-37-39-40-42-44-46-49-52-55-58-61-64-67-73(76)79-70-71(69-78-72(75)66-63-60-57-54-51-48-27-24-21-18-15-12-9-6-3)80-74(77)68-65-62-59-56-53-50-47-45-43-41-38-35-33-31-29-26-23-20-17-14-11-8-5-2/h7-8,10-11,16-17,19-20,24-29,32-35,41,43,47,50,56,59,71H,4-6,9,12-15,18,21-23,30-31,36-40,42,44-46,48-49,51-55,57-58,60-70H2,1-3H3/b10-7-,11-8-,19-16-,20-17-,27-24-,28-25-,29-26-,34-32-,35-33-,43-41-,50-47-,59-56-. The molecule has 6 heteroatoms. The Hall–Kier alpha value is -4.71. The lowest BCUT2D eigenvalue weighted by Gasteiger charge is -2.18. The third-order valence-electron chi connectivity index (χ3n) is 13.6. The third kappa shape index (κ3) is 64.1. The van der Waals surface area contributed by atoms with Gasteiger partial charge in [-0.15, -0.1) is 0 Å². The molecule has 0 N–H and O–H groups in total. The summed E-state index contributed by atoms with van der Waals surface area (Å²) in [6.45, 7) is 6.36. The molecule has 0 saturated heterocycles. The number of carbonyl (C=O) groups excluding carboxylic acids is 3. The van der Waals surface area contributed by atoms with Gasteiger partial charge in [-0.2, -0.15) is 0 Å². The fraction of sp³-hybridized carbons (Fsp3) is 0.635. The lowest BCUT2D eigenvalue weighted by Crippen LogP contribution is -2.30. The molecular weight excluding hydrogens is 985 g/mol. The summed E-state index contributed by atoms with van der Waals surface area (Å²) in [7, 11) is 0. The fourth-order valence-electron chi connectivity index (χ4n) is 8.71. The molecule has 0 fully saturated rings. The van der Waals surface area contributed by atoms with Crippen LogP contribution in [0.25, 0.3) is 0 Å². The minimum Gasteiger partial charge on any atom is -0.462 e. The van der Waals surface area contributed by atoms with Gasteiger partial charge in [-0.3, -0.25) is 14.4 Å². The normalized spacial score (nSPS) is 13.1. The van der Waals surface area contributed by atoms with Gasteiger partial charge in [0.15, 0.2) is 6.10 Å². The second-order valence-electron chi connectivity index (χ2n) is 21.3. The van der Waals surface area contributed by atoms with Crippen LogP contribution in [-0.4, -0.2) is 37.2 Å². The molecule has 0 aromatic carbocycles. The third-order valence-corrected chi connectivity index (χ3v) is 13.6. The smallest absolute Gasteiger partial charge is 0.306 e. The largest absolute Gasteiger partial charge is 0.462 e. The van der Waals surface area contributed by atoms with Gasteiger partial charge in [0.25, 0.3) is 0 Å². The van der Waals surface area contributed by atoms with Gasteiger partial charge in [0.1, 0.15) is 13.2 Å². The lowest BCUT2D eigenvalue weighted by atomic mass is 10.0. The summed E-state index contributed by atoms with van der Waals surface area (Å²) in [5, 5.41) is 0. The highest BCUT2D eigenvalue weighted by Gasteiger charge is 2.19. The number of unbranched alkanes of at least 4 members (excludes halogenated alkanes) is 23. The molecule has 1 unspecified atom stereocenters. The van der Waals surface area contributed by atoms with Crippen molar-refractivity contribution in [1.82, 2.24) is 0 Å². The summed E-state index contributed by atoms with van der Waals surface area (Å²) < 4.78 is 16.9. The molecule has 0 aliphatic carbocycles. The van der Waals surface area contributed by atoms with Crippen LogP contribution in [0.4, 0.5) is 0 Å². The van der Waals surface area contributed by atoms with Crippen molar-refractivity contribution in [3.8, 4) is 0 Å². The number of ether oxygens (including phenoxy) is 3. The van der Waals surface area contributed by atoms with E-state index in [1.165, 1.54) is 109 Å². The van der Waals surface area contributed by atoms with E-state index in [0.29, 0.717) is 19.3 Å². The van der Waals surface area contributed by atoms with Crippen molar-refractivity contribution >= 4 is 17.9 Å². The van der Waals surface area contributed by atoms with Gasteiger partial charge in [-0.05, 0) is 135 Å². The average molecular weight is 1110 g/mol. The van der Waals surface area contributed by atoms with Crippen molar-refractivity contribution in [2.24, 2.45) is 0 Å². The fourth-order valence-corrected chi connectivity index (χ4v) is 8.71. The van der Waals surface area contributed by atoms with Gasteiger partial charge >= 0.3 is 17.9 Å². The molecule has 0 aromatic heterocycles. The SMILES string of the molecule is CC/C=C\C/C=C\C/C=C\C/C=C\C/C=C\C/C=C\C/C=C\CCCC(=O)OC(COC(=O)CCCCCCC/C=C\CCCCCCC)COC(=O)CCCCCCCCCCCCCC/C=C\C/C=C\C/C=C\C/C=C\CC. The second kappa shape index (κ2) is 66.8. The highest BCUT2D eigenvalue weighted by molar-refractivity contribution is 5.71. The maximum absolute atomic E-state index is 12.9. The quantitative estimate of drug-likeness (QED) is 0.0261. The number of allylic oxidation sites excluding steroid dienone is 24. The van der Waals surface area contributed by atoms with Crippen molar-refractivity contribution < 1.29 is 28.6 Å². The van der Waals surface area contributed by atoms with Crippen LogP contribution in [-0.2, 0) is 28.6 Å². The van der Waals surface area contributed by atoms with Crippen LogP contribution < -0.4 is 0 Å². The van der Waals surface area contributed by atoms with E-state index in [9.17, 15) is 14.4 Å². The van der Waals surface area contributed by atoms with Crippen molar-refractivity contribution in [2.45, 2.75) is 290 Å². The molecule has 0 heterocycles. The first kappa shape index (κ1) is 75.3. The number of esters is 3. The molecule has 0 aromatic rings. The first-order valence-electron chi connectivity index (χ1n) is 32.8. The van der Waals surface area contributed by atoms with E-state index < -0.39 is 6.10 Å². The Labute approximate surface area is 493 Å². The second-order valence-corrected chi connectivity index (χ2v) is 21.3. The average Bonchev–Trinajstić information content (AvgIpc) is 3.46. The molecule has 452 valence electrons. The van der Waals surface area contributed by atoms with Crippen molar-refractivity contribution in [3.63, 3.8) is 0 Å². The molecule has 0 aliphatic rings. The van der Waals surface area contributed by atoms with E-state index in [1.807, 2.05) is 0 Å². The summed E-state index contributed by atoms with van der Waals surface area (Å²) in [5.41, 5.74) is 0. The van der Waals surface area contributed by atoms with E-state index >= 15 is 0 Å². The molecule has 0 rings (SSSR count). The van der Waals surface area contributed by atoms with Crippen LogP contribution in [0, 0.1) is 0 Å². The lowest BCUT2D eigenvalue weighted by molar-refractivity contribution is -0.167. The first-order valence-corrected chi connectivity index (χ1v) is 32.8. The number of carbonyl (C=O) groups is 3. The highest BCUT2D eigenvalue weighted by atomic mass is 16.6. The van der Waals surface area contributed by atoms with Gasteiger partial charge in [-0.1, -0.05) is 276 Å². The predicted molar refractivity (Wildman–Crippen MR) is 348 cm³/mol. The molecule has 0 radical (unpaired) electrons. The van der Waals surface area contributed by atoms with Gasteiger partial charge in [0.05, 0.1) is 0 Å². The van der Waals surface area contributed by atoms with Crippen molar-refractivity contribution in [1.29, 1.82) is 0 Å². The van der Waals surface area contributed by atoms with Crippen molar-refractivity contribution in [3.05, 3.63) is 146 Å². The zero-order valence-corrected chi connectivity index (χ0v) is 51.8. The Morgan fingerprint density at radius 1 is 0.263 bits per heavy atom. The zero-order valence-electron chi connectivity index (χ0n) is 51.8. The van der Waals surface area contributed by atoms with Gasteiger partial charge in [0.2, 0.25) is 0 Å². The Bertz CT molecular complexity index is 1750. The first-order chi connectivity index (χ1) is 39.5. The maximum atomic E-state index is 12.9. The predicted octanol–water partition coefficient (Wildman–Crippen LogP) is 22.7. The number of hydrogen-bond donors (Lipinski definition) is 0. The Morgan fingerprint density at radius 2 is 0.500 bits per heavy atom. The van der Waals surface area contributed by atoms with E-state index in [2.05, 4.69) is 167 Å². The maximum Gasteiger partial charge on any atom is 0.306 e. The minimum absolute atomic E-state index is 0.109. The molecule has 0 spiro atoms. The van der Waals surface area contributed by atoms with E-state index in [-0.39, 0.29) is 37.5 Å². The van der Waals surface area contributed by atoms with E-state index in [1.54, 1.807) is 0 Å². The van der Waals surface area contributed by atoms with Crippen molar-refractivity contribution in [2.75, 3.05) is 13.2 Å². The summed E-state index contributed by atoms with van der Waals surface area (Å²) in [5.74, 6) is -0.978. The van der Waals surface area contributed by atoms with Crippen LogP contribution >= 0.6 is 0 Å². The van der Waals surface area contributed by atoms with E-state index in [0.717, 1.165) is 128 Å². The molecule has 0 bridgehead atoms. The zero-order chi connectivity index (χ0) is 57.8. The number of rotatable bonds is 58. The van der Waals surface area contributed by atoms with Crippen LogP contribution in [0.2, 0.25) is 0 Å². The molecule has 0 amide bonds. The topological polar surface area (TPSA) is 78.9 Å². The highest BCUT2D eigenvalue weighted by Crippen LogP contribution is 2.15. The van der Waals surface area contributed by atoms with Crippen LogP contribution in [0.5, 0.6) is 0 Å². The summed E-state index contributed by atoms with van der Waals surface area (Å²) in [4.78, 5) is 38.3. The van der Waals surface area contributed by atoms with Crippen LogP contribution in [0.15, 0.2) is 146 Å².